The summed E-state index contributed by atoms with van der Waals surface area (Å²) in [6, 6.07) is 11.2. The Morgan fingerprint density at radius 3 is 2.44 bits per heavy atom. The molecule has 1 aliphatic rings. The third kappa shape index (κ3) is 4.09. The van der Waals surface area contributed by atoms with Crippen LogP contribution in [0.2, 0.25) is 0 Å². The zero-order chi connectivity index (χ0) is 23.3. The lowest BCUT2D eigenvalue weighted by molar-refractivity contribution is -0.137. The summed E-state index contributed by atoms with van der Waals surface area (Å²) in [4.78, 5) is -0.491. The second kappa shape index (κ2) is 7.88. The van der Waals surface area contributed by atoms with Gasteiger partial charge in [-0.2, -0.15) is 13.2 Å². The second-order valence-corrected chi connectivity index (χ2v) is 9.70. The molecule has 0 saturated heterocycles. The van der Waals surface area contributed by atoms with Gasteiger partial charge in [0, 0.05) is 12.1 Å². The van der Waals surface area contributed by atoms with Gasteiger partial charge < -0.3 is 0 Å². The first kappa shape index (κ1) is 22.3. The van der Waals surface area contributed by atoms with E-state index >= 15 is 0 Å². The molecule has 0 amide bonds. The van der Waals surface area contributed by atoms with Gasteiger partial charge in [-0.3, -0.25) is 4.31 Å². The zero-order valence-corrected chi connectivity index (χ0v) is 17.6. The van der Waals surface area contributed by atoms with Crippen LogP contribution in [0.3, 0.4) is 0 Å². The van der Waals surface area contributed by atoms with Gasteiger partial charge in [-0.05, 0) is 65.9 Å². The fourth-order valence-electron chi connectivity index (χ4n) is 3.86. The van der Waals surface area contributed by atoms with Crippen molar-refractivity contribution in [1.29, 1.82) is 0 Å². The summed E-state index contributed by atoms with van der Waals surface area (Å²) in [7, 11) is -4.34. The van der Waals surface area contributed by atoms with E-state index in [0.717, 1.165) is 40.7 Å². The van der Waals surface area contributed by atoms with Gasteiger partial charge in [-0.15, -0.1) is 0 Å². The van der Waals surface area contributed by atoms with Crippen molar-refractivity contribution in [3.05, 3.63) is 83.4 Å². The maximum Gasteiger partial charge on any atom is 0.416 e. The summed E-state index contributed by atoms with van der Waals surface area (Å²) in [6.45, 7) is 1.87. The van der Waals surface area contributed by atoms with Gasteiger partial charge in [0.05, 0.1) is 16.1 Å². The van der Waals surface area contributed by atoms with E-state index in [2.05, 4.69) is 0 Å². The lowest BCUT2D eigenvalue weighted by Gasteiger charge is -2.34. The number of fused-ring (bicyclic) bond motifs is 1. The van der Waals surface area contributed by atoms with Crippen molar-refractivity contribution >= 4 is 15.7 Å². The second-order valence-electron chi connectivity index (χ2n) is 7.84. The summed E-state index contributed by atoms with van der Waals surface area (Å²) in [5.74, 6) is -1.43. The molecule has 0 saturated carbocycles. The van der Waals surface area contributed by atoms with Crippen LogP contribution in [0.5, 0.6) is 0 Å². The van der Waals surface area contributed by atoms with Gasteiger partial charge in [0.1, 0.15) is 11.6 Å². The molecule has 0 bridgehead atoms. The van der Waals surface area contributed by atoms with Crippen LogP contribution in [0.25, 0.3) is 11.1 Å². The quantitative estimate of drug-likeness (QED) is 0.441. The van der Waals surface area contributed by atoms with Crippen molar-refractivity contribution in [1.82, 2.24) is 0 Å². The van der Waals surface area contributed by atoms with E-state index in [0.29, 0.717) is 18.1 Å². The van der Waals surface area contributed by atoms with E-state index in [9.17, 15) is 30.4 Å². The number of halogens is 5. The van der Waals surface area contributed by atoms with E-state index in [1.54, 1.807) is 12.1 Å². The topological polar surface area (TPSA) is 37.4 Å². The summed E-state index contributed by atoms with van der Waals surface area (Å²) in [6.07, 6.45) is -4.16. The highest BCUT2D eigenvalue weighted by Crippen LogP contribution is 2.38. The molecule has 3 nitrogen and oxygen atoms in total. The van der Waals surface area contributed by atoms with Crippen LogP contribution in [0.1, 0.15) is 18.1 Å². The van der Waals surface area contributed by atoms with Crippen LogP contribution in [0, 0.1) is 17.6 Å². The van der Waals surface area contributed by atoms with Crippen LogP contribution in [0.4, 0.5) is 27.6 Å². The van der Waals surface area contributed by atoms with Gasteiger partial charge in [0.25, 0.3) is 10.0 Å². The molecule has 4 rings (SSSR count). The number of hydrogen-bond donors (Lipinski definition) is 0. The van der Waals surface area contributed by atoms with Crippen molar-refractivity contribution in [3.63, 3.8) is 0 Å². The van der Waals surface area contributed by atoms with E-state index in [4.69, 9.17) is 0 Å². The third-order valence-electron chi connectivity index (χ3n) is 5.39. The molecule has 168 valence electrons. The molecule has 3 aromatic carbocycles. The normalized spacial score (nSPS) is 16.7. The smallest absolute Gasteiger partial charge is 0.266 e. The number of benzene rings is 3. The average molecular weight is 467 g/mol. The summed E-state index contributed by atoms with van der Waals surface area (Å²) in [5.41, 5.74) is 0.0448. The fraction of sp³-hybridized carbons (Fsp3) is 0.217. The van der Waals surface area contributed by atoms with Gasteiger partial charge in [0.15, 0.2) is 0 Å². The van der Waals surface area contributed by atoms with Crippen LogP contribution in [0.15, 0.2) is 65.6 Å². The molecule has 32 heavy (non-hydrogen) atoms. The molecule has 1 atom stereocenters. The van der Waals surface area contributed by atoms with E-state index < -0.39 is 38.3 Å². The van der Waals surface area contributed by atoms with Gasteiger partial charge in [-0.1, -0.05) is 25.1 Å². The standard InChI is InChI=1S/C23H18F5NO2S/c1-14-9-16-6-5-15(20-12-18(24)7-8-21(20)25)10-22(16)29(13-14)32(30,31)19-4-2-3-17(11-19)23(26,27)28/h2-8,10-12,14H,9,13H2,1H3/t14-/m1/s1. The number of anilines is 1. The predicted octanol–water partition coefficient (Wildman–Crippen LogP) is 6.04. The highest BCUT2D eigenvalue weighted by Gasteiger charge is 2.35. The average Bonchev–Trinajstić information content (AvgIpc) is 2.74. The van der Waals surface area contributed by atoms with E-state index in [-0.39, 0.29) is 29.3 Å². The molecule has 0 fully saturated rings. The molecular formula is C23H18F5NO2S. The molecule has 0 radical (unpaired) electrons. The summed E-state index contributed by atoms with van der Waals surface area (Å²) < 4.78 is 95.2. The van der Waals surface area contributed by atoms with Gasteiger partial charge in [-0.25, -0.2) is 17.2 Å². The molecule has 0 unspecified atom stereocenters. The summed E-state index contributed by atoms with van der Waals surface area (Å²) in [5, 5.41) is 0. The Morgan fingerprint density at radius 2 is 1.72 bits per heavy atom. The highest BCUT2D eigenvalue weighted by atomic mass is 32.2. The monoisotopic (exact) mass is 467 g/mol. The minimum Gasteiger partial charge on any atom is -0.266 e. The Morgan fingerprint density at radius 1 is 0.969 bits per heavy atom. The predicted molar refractivity (Wildman–Crippen MR) is 111 cm³/mol. The number of rotatable bonds is 3. The van der Waals surface area contributed by atoms with Crippen molar-refractivity contribution < 1.29 is 30.4 Å². The van der Waals surface area contributed by atoms with Crippen LogP contribution in [-0.2, 0) is 22.6 Å². The highest BCUT2D eigenvalue weighted by molar-refractivity contribution is 7.92. The minimum atomic E-state index is -4.69. The molecule has 1 aliphatic heterocycles. The number of alkyl halides is 3. The molecule has 0 aliphatic carbocycles. The first-order valence-electron chi connectivity index (χ1n) is 9.75. The molecule has 0 aromatic heterocycles. The lowest BCUT2D eigenvalue weighted by Crippen LogP contribution is -2.39. The van der Waals surface area contributed by atoms with Crippen molar-refractivity contribution in [2.75, 3.05) is 10.8 Å². The van der Waals surface area contributed by atoms with Crippen molar-refractivity contribution in [3.8, 4) is 11.1 Å². The largest absolute Gasteiger partial charge is 0.416 e. The maximum atomic E-state index is 14.3. The molecular weight excluding hydrogens is 449 g/mol. The maximum absolute atomic E-state index is 14.3. The van der Waals surface area contributed by atoms with Crippen molar-refractivity contribution in [2.45, 2.75) is 24.4 Å². The lowest BCUT2D eigenvalue weighted by atomic mass is 9.93. The Hall–Kier alpha value is -2.94. The van der Waals surface area contributed by atoms with Gasteiger partial charge >= 0.3 is 6.18 Å². The SMILES string of the molecule is C[C@@H]1Cc2ccc(-c3cc(F)ccc3F)cc2N(S(=O)(=O)c2cccc(C(F)(F)F)c2)C1. The first-order valence-corrected chi connectivity index (χ1v) is 11.2. The molecule has 3 aromatic rings. The fourth-order valence-corrected chi connectivity index (χ4v) is 5.52. The van der Waals surface area contributed by atoms with E-state index in [1.165, 1.54) is 6.07 Å². The van der Waals surface area contributed by atoms with E-state index in [1.807, 2.05) is 6.92 Å². The summed E-state index contributed by atoms with van der Waals surface area (Å²) >= 11 is 0. The Labute approximate surface area is 182 Å². The number of nitrogens with zero attached hydrogens (tertiary/aromatic N) is 1. The molecule has 0 spiro atoms. The number of hydrogen-bond acceptors (Lipinski definition) is 2. The van der Waals surface area contributed by atoms with Gasteiger partial charge in [0.2, 0.25) is 0 Å². The van der Waals surface area contributed by atoms with Crippen LogP contribution >= 0.6 is 0 Å². The van der Waals surface area contributed by atoms with Crippen LogP contribution in [-0.4, -0.2) is 15.0 Å². The molecule has 9 heteroatoms. The zero-order valence-electron chi connectivity index (χ0n) is 16.8. The Bertz CT molecular complexity index is 1290. The Balaban J connectivity index is 1.84. The third-order valence-corrected chi connectivity index (χ3v) is 7.16. The van der Waals surface area contributed by atoms with Crippen molar-refractivity contribution in [2.24, 2.45) is 5.92 Å². The Kier molecular flexibility index (Phi) is 5.48. The number of sulfonamides is 1. The first-order chi connectivity index (χ1) is 15.0. The molecule has 1 heterocycles. The van der Waals surface area contributed by atoms with Crippen LogP contribution < -0.4 is 4.31 Å². The minimum absolute atomic E-state index is 0.0390. The molecule has 0 N–H and O–H groups in total.